The Hall–Kier alpha value is -1.02. The summed E-state index contributed by atoms with van der Waals surface area (Å²) in [4.78, 5) is 0. The molecule has 0 aliphatic heterocycles. The lowest BCUT2D eigenvalue weighted by Crippen LogP contribution is -2.39. The predicted octanol–water partition coefficient (Wildman–Crippen LogP) is 4.39. The van der Waals surface area contributed by atoms with E-state index in [0.29, 0.717) is 12.0 Å². The maximum Gasteiger partial charge on any atom is 0.123 e. The van der Waals surface area contributed by atoms with Crippen LogP contribution < -0.4 is 10.1 Å². The predicted molar refractivity (Wildman–Crippen MR) is 87.6 cm³/mol. The summed E-state index contributed by atoms with van der Waals surface area (Å²) in [6.45, 7) is 15.1. The minimum absolute atomic E-state index is 0.112. The van der Waals surface area contributed by atoms with Gasteiger partial charge in [0.1, 0.15) is 12.4 Å². The Morgan fingerprint density at radius 3 is 2.35 bits per heavy atom. The van der Waals surface area contributed by atoms with Crippen LogP contribution in [0.2, 0.25) is 0 Å². The quantitative estimate of drug-likeness (QED) is 0.798. The van der Waals surface area contributed by atoms with Gasteiger partial charge in [-0.2, -0.15) is 0 Å². The Bertz CT molecular complexity index is 393. The van der Waals surface area contributed by atoms with Crippen LogP contribution in [0.15, 0.2) is 24.3 Å². The second-order valence-electron chi connectivity index (χ2n) is 6.86. The molecule has 2 nitrogen and oxygen atoms in total. The number of rotatable bonds is 7. The molecular formula is C18H31NO. The van der Waals surface area contributed by atoms with Crippen LogP contribution in [0.3, 0.4) is 0 Å². The fourth-order valence-electron chi connectivity index (χ4n) is 2.21. The molecule has 1 N–H and O–H groups in total. The zero-order valence-electron chi connectivity index (χ0n) is 14.0. The molecule has 0 aliphatic carbocycles. The van der Waals surface area contributed by atoms with Crippen molar-refractivity contribution in [1.29, 1.82) is 0 Å². The van der Waals surface area contributed by atoms with E-state index in [2.05, 4.69) is 71.1 Å². The molecule has 20 heavy (non-hydrogen) atoms. The third-order valence-corrected chi connectivity index (χ3v) is 3.57. The van der Waals surface area contributed by atoms with Crippen LogP contribution in [0.1, 0.15) is 53.5 Å². The summed E-state index contributed by atoms with van der Waals surface area (Å²) >= 11 is 0. The molecule has 0 aromatic heterocycles. The molecule has 0 radical (unpaired) electrons. The fourth-order valence-corrected chi connectivity index (χ4v) is 2.21. The van der Waals surface area contributed by atoms with E-state index in [4.69, 9.17) is 4.74 Å². The summed E-state index contributed by atoms with van der Waals surface area (Å²) in [5.41, 5.74) is 1.39. The molecule has 0 heterocycles. The Kier molecular flexibility index (Phi) is 6.54. The molecule has 0 amide bonds. The van der Waals surface area contributed by atoms with Crippen LogP contribution in [0, 0.1) is 5.92 Å². The summed E-state index contributed by atoms with van der Waals surface area (Å²) < 4.78 is 6.12. The van der Waals surface area contributed by atoms with Gasteiger partial charge < -0.3 is 10.1 Å². The Morgan fingerprint density at radius 1 is 1.15 bits per heavy atom. The lowest BCUT2D eigenvalue weighted by molar-refractivity contribution is 0.226. The van der Waals surface area contributed by atoms with Gasteiger partial charge in [-0.1, -0.05) is 59.7 Å². The maximum atomic E-state index is 6.12. The molecule has 0 fully saturated rings. The van der Waals surface area contributed by atoms with E-state index in [0.717, 1.165) is 25.3 Å². The molecule has 1 unspecified atom stereocenters. The number of benzene rings is 1. The third-order valence-electron chi connectivity index (χ3n) is 3.57. The topological polar surface area (TPSA) is 21.3 Å². The number of nitrogens with one attached hydrogen (secondary N) is 1. The maximum absolute atomic E-state index is 6.12. The standard InChI is InChI=1S/C18H31NO/c1-7-12-19-16(14(2)3)13-20-17-11-9-8-10-15(17)18(4,5)6/h8-11,14,16,19H,7,12-13H2,1-6H3. The normalized spacial score (nSPS) is 13.6. The number of hydrogen-bond acceptors (Lipinski definition) is 2. The summed E-state index contributed by atoms with van der Waals surface area (Å²) in [5.74, 6) is 1.59. The Labute approximate surface area is 124 Å². The van der Waals surface area contributed by atoms with Gasteiger partial charge in [-0.15, -0.1) is 0 Å². The van der Waals surface area contributed by atoms with Crippen LogP contribution in [-0.4, -0.2) is 19.2 Å². The molecule has 1 aromatic carbocycles. The van der Waals surface area contributed by atoms with Crippen molar-refractivity contribution in [2.24, 2.45) is 5.92 Å². The SMILES string of the molecule is CCCNC(COc1ccccc1C(C)(C)C)C(C)C. The van der Waals surface area contributed by atoms with Gasteiger partial charge in [0.25, 0.3) is 0 Å². The lowest BCUT2D eigenvalue weighted by atomic mass is 9.86. The molecule has 0 saturated carbocycles. The van der Waals surface area contributed by atoms with Crippen molar-refractivity contribution in [2.75, 3.05) is 13.2 Å². The van der Waals surface area contributed by atoms with Crippen LogP contribution in [0.25, 0.3) is 0 Å². The van der Waals surface area contributed by atoms with Gasteiger partial charge in [-0.25, -0.2) is 0 Å². The highest BCUT2D eigenvalue weighted by molar-refractivity contribution is 5.38. The number of hydrogen-bond donors (Lipinski definition) is 1. The van der Waals surface area contributed by atoms with Gasteiger partial charge in [0.2, 0.25) is 0 Å². The van der Waals surface area contributed by atoms with E-state index in [1.807, 2.05) is 0 Å². The van der Waals surface area contributed by atoms with Gasteiger partial charge in [-0.3, -0.25) is 0 Å². The van der Waals surface area contributed by atoms with Gasteiger partial charge in [-0.05, 0) is 35.9 Å². The van der Waals surface area contributed by atoms with E-state index in [1.165, 1.54) is 5.56 Å². The van der Waals surface area contributed by atoms with Crippen LogP contribution in [0.5, 0.6) is 5.75 Å². The van der Waals surface area contributed by atoms with Gasteiger partial charge in [0.15, 0.2) is 0 Å². The summed E-state index contributed by atoms with van der Waals surface area (Å²) in [7, 11) is 0. The van der Waals surface area contributed by atoms with E-state index in [1.54, 1.807) is 0 Å². The van der Waals surface area contributed by atoms with Crippen LogP contribution >= 0.6 is 0 Å². The van der Waals surface area contributed by atoms with Crippen molar-refractivity contribution < 1.29 is 4.74 Å². The minimum atomic E-state index is 0.112. The molecule has 0 spiro atoms. The van der Waals surface area contributed by atoms with Gasteiger partial charge in [0.05, 0.1) is 0 Å². The average Bonchev–Trinajstić information content (AvgIpc) is 2.37. The summed E-state index contributed by atoms with van der Waals surface area (Å²) in [5, 5.41) is 3.57. The fraction of sp³-hybridized carbons (Fsp3) is 0.667. The first-order valence-corrected chi connectivity index (χ1v) is 7.82. The van der Waals surface area contributed by atoms with E-state index in [9.17, 15) is 0 Å². The molecule has 0 aliphatic rings. The molecule has 1 atom stereocenters. The third kappa shape index (κ3) is 5.16. The Morgan fingerprint density at radius 2 is 1.80 bits per heavy atom. The van der Waals surface area contributed by atoms with Crippen molar-refractivity contribution in [2.45, 2.75) is 59.4 Å². The molecule has 0 saturated heterocycles. The van der Waals surface area contributed by atoms with E-state index >= 15 is 0 Å². The van der Waals surface area contributed by atoms with Gasteiger partial charge in [0, 0.05) is 6.04 Å². The van der Waals surface area contributed by atoms with Crippen molar-refractivity contribution in [3.8, 4) is 5.75 Å². The van der Waals surface area contributed by atoms with Crippen LogP contribution in [-0.2, 0) is 5.41 Å². The lowest BCUT2D eigenvalue weighted by Gasteiger charge is -2.26. The van der Waals surface area contributed by atoms with Crippen LogP contribution in [0.4, 0.5) is 0 Å². The molecule has 2 heteroatoms. The zero-order valence-corrected chi connectivity index (χ0v) is 14.0. The van der Waals surface area contributed by atoms with Crippen molar-refractivity contribution in [1.82, 2.24) is 5.32 Å². The minimum Gasteiger partial charge on any atom is -0.492 e. The molecular weight excluding hydrogens is 246 g/mol. The first kappa shape index (κ1) is 17.0. The smallest absolute Gasteiger partial charge is 0.123 e. The molecule has 1 rings (SSSR count). The highest BCUT2D eigenvalue weighted by Gasteiger charge is 2.20. The summed E-state index contributed by atoms with van der Waals surface area (Å²) in [6.07, 6.45) is 1.15. The Balaban J connectivity index is 2.73. The first-order chi connectivity index (χ1) is 9.36. The average molecular weight is 277 g/mol. The zero-order chi connectivity index (χ0) is 15.2. The van der Waals surface area contributed by atoms with E-state index < -0.39 is 0 Å². The number of ether oxygens (including phenoxy) is 1. The number of para-hydroxylation sites is 1. The molecule has 1 aromatic rings. The van der Waals surface area contributed by atoms with Crippen molar-refractivity contribution >= 4 is 0 Å². The van der Waals surface area contributed by atoms with Crippen molar-refractivity contribution in [3.63, 3.8) is 0 Å². The monoisotopic (exact) mass is 277 g/mol. The molecule has 0 bridgehead atoms. The van der Waals surface area contributed by atoms with E-state index in [-0.39, 0.29) is 5.41 Å². The first-order valence-electron chi connectivity index (χ1n) is 7.82. The van der Waals surface area contributed by atoms with Gasteiger partial charge >= 0.3 is 0 Å². The highest BCUT2D eigenvalue weighted by Crippen LogP contribution is 2.31. The van der Waals surface area contributed by atoms with Crippen molar-refractivity contribution in [3.05, 3.63) is 29.8 Å². The highest BCUT2D eigenvalue weighted by atomic mass is 16.5. The second kappa shape index (κ2) is 7.68. The summed E-state index contributed by atoms with van der Waals surface area (Å²) in [6, 6.07) is 8.79. The second-order valence-corrected chi connectivity index (χ2v) is 6.86. The largest absolute Gasteiger partial charge is 0.492 e. The molecule has 114 valence electrons.